The molecule has 2 N–H and O–H groups in total. The van der Waals surface area contributed by atoms with Gasteiger partial charge >= 0.3 is 0 Å². The first-order chi connectivity index (χ1) is 13.4. The molecule has 0 radical (unpaired) electrons. The molecule has 1 aliphatic heterocycles. The van der Waals surface area contributed by atoms with E-state index in [-0.39, 0.29) is 11.0 Å². The molecule has 1 heterocycles. The molecule has 0 unspecified atom stereocenters. The van der Waals surface area contributed by atoms with Crippen molar-refractivity contribution in [2.45, 2.75) is 20.3 Å². The van der Waals surface area contributed by atoms with Crippen LogP contribution in [0.25, 0.3) is 6.08 Å². The molecule has 0 spiro atoms. The van der Waals surface area contributed by atoms with Gasteiger partial charge in [-0.2, -0.15) is 0 Å². The van der Waals surface area contributed by atoms with Gasteiger partial charge < -0.3 is 14.8 Å². The molecule has 5 nitrogen and oxygen atoms in total. The molecule has 146 valence electrons. The lowest BCUT2D eigenvalue weighted by Gasteiger charge is -2.11. The third kappa shape index (κ3) is 5.47. The zero-order valence-corrected chi connectivity index (χ0v) is 17.2. The van der Waals surface area contributed by atoms with Crippen molar-refractivity contribution in [1.29, 1.82) is 0 Å². The Hall–Kier alpha value is -2.57. The Bertz CT molecular complexity index is 923. The van der Waals surface area contributed by atoms with Crippen molar-refractivity contribution in [3.63, 3.8) is 0 Å². The first kappa shape index (κ1) is 20.2. The molecule has 1 amide bonds. The monoisotopic (exact) mass is 416 g/mol. The summed E-state index contributed by atoms with van der Waals surface area (Å²) in [6.07, 6.45) is 2.39. The molecule has 7 heteroatoms. The number of aryl methyl sites for hydroxylation is 2. The Morgan fingerprint density at radius 2 is 1.75 bits per heavy atom. The molecular formula is C21H21ClN2O3S. The van der Waals surface area contributed by atoms with Gasteiger partial charge in [0, 0.05) is 17.0 Å². The largest absolute Gasteiger partial charge is 0.493 e. The number of nitrogens with one attached hydrogen (secondary N) is 2. The first-order valence-electron chi connectivity index (χ1n) is 8.88. The van der Waals surface area contributed by atoms with Crippen LogP contribution >= 0.6 is 23.8 Å². The summed E-state index contributed by atoms with van der Waals surface area (Å²) >= 11 is 11.0. The van der Waals surface area contributed by atoms with Crippen molar-refractivity contribution in [2.24, 2.45) is 0 Å². The molecule has 3 rings (SSSR count). The number of rotatable bonds is 7. The molecule has 2 aromatic rings. The summed E-state index contributed by atoms with van der Waals surface area (Å²) in [5.74, 6) is 1.22. The highest BCUT2D eigenvalue weighted by Gasteiger charge is 2.20. The average Bonchev–Trinajstić information content (AvgIpc) is 2.92. The number of hydrogen-bond acceptors (Lipinski definition) is 4. The predicted octanol–water partition coefficient (Wildman–Crippen LogP) is 4.15. The second kappa shape index (κ2) is 9.08. The fourth-order valence-electron chi connectivity index (χ4n) is 2.85. The van der Waals surface area contributed by atoms with E-state index in [1.165, 1.54) is 11.1 Å². The molecule has 1 aliphatic rings. The highest BCUT2D eigenvalue weighted by molar-refractivity contribution is 7.80. The van der Waals surface area contributed by atoms with E-state index >= 15 is 0 Å². The van der Waals surface area contributed by atoms with Gasteiger partial charge in [0.25, 0.3) is 5.91 Å². The van der Waals surface area contributed by atoms with E-state index in [1.54, 1.807) is 24.3 Å². The van der Waals surface area contributed by atoms with Crippen molar-refractivity contribution in [3.8, 4) is 11.5 Å². The van der Waals surface area contributed by atoms with Crippen molar-refractivity contribution in [2.75, 3.05) is 13.2 Å². The Labute approximate surface area is 174 Å². The van der Waals surface area contributed by atoms with E-state index in [9.17, 15) is 4.79 Å². The smallest absolute Gasteiger partial charge is 0.273 e. The van der Waals surface area contributed by atoms with Crippen LogP contribution in [0.4, 0.5) is 0 Å². The number of thiocarbonyl (C=S) groups is 1. The summed E-state index contributed by atoms with van der Waals surface area (Å²) in [5, 5.41) is 6.18. The maximum Gasteiger partial charge on any atom is 0.273 e. The third-order valence-corrected chi connectivity index (χ3v) is 4.44. The molecular weight excluding hydrogens is 396 g/mol. The zero-order valence-electron chi connectivity index (χ0n) is 15.7. The minimum atomic E-state index is -0.280. The highest BCUT2D eigenvalue weighted by atomic mass is 35.5. The molecule has 0 atom stereocenters. The minimum Gasteiger partial charge on any atom is -0.493 e. The van der Waals surface area contributed by atoms with Crippen LogP contribution in [0.15, 0.2) is 42.1 Å². The normalized spacial score (nSPS) is 14.8. The molecule has 0 bridgehead atoms. The van der Waals surface area contributed by atoms with Crippen LogP contribution in [0, 0.1) is 13.8 Å². The molecule has 28 heavy (non-hydrogen) atoms. The van der Waals surface area contributed by atoms with Crippen LogP contribution in [-0.2, 0) is 4.79 Å². The van der Waals surface area contributed by atoms with Crippen LogP contribution in [0.5, 0.6) is 11.5 Å². The quantitative estimate of drug-likeness (QED) is 0.403. The Kier molecular flexibility index (Phi) is 6.54. The van der Waals surface area contributed by atoms with E-state index in [2.05, 4.69) is 16.7 Å². The van der Waals surface area contributed by atoms with Gasteiger partial charge in [-0.05, 0) is 73.6 Å². The number of amides is 1. The molecule has 1 fully saturated rings. The number of carbonyl (C=O) groups is 1. The van der Waals surface area contributed by atoms with Crippen molar-refractivity contribution >= 4 is 40.9 Å². The highest BCUT2D eigenvalue weighted by Crippen LogP contribution is 2.26. The van der Waals surface area contributed by atoms with E-state index in [0.717, 1.165) is 5.75 Å². The molecule has 0 aromatic heterocycles. The molecule has 1 saturated heterocycles. The van der Waals surface area contributed by atoms with E-state index < -0.39 is 0 Å². The van der Waals surface area contributed by atoms with E-state index in [1.807, 2.05) is 26.0 Å². The standard InChI is InChI=1S/C21H21ClN2O3S/c1-13-8-14(2)10-17(9-13)26-6-3-7-27-19-5-4-16(22)11-15(19)12-18-20(25)24-21(28)23-18/h4-5,8-12H,3,6-7H2,1-2H3,(H2,23,24,25,28)/b18-12-. The second-order valence-electron chi connectivity index (χ2n) is 6.52. The lowest BCUT2D eigenvalue weighted by Crippen LogP contribution is -2.21. The van der Waals surface area contributed by atoms with E-state index in [0.29, 0.717) is 41.7 Å². The summed E-state index contributed by atoms with van der Waals surface area (Å²) in [7, 11) is 0. The van der Waals surface area contributed by atoms with Gasteiger partial charge in [0.15, 0.2) is 5.11 Å². The van der Waals surface area contributed by atoms with Crippen LogP contribution < -0.4 is 20.1 Å². The number of halogens is 1. The number of carbonyl (C=O) groups excluding carboxylic acids is 1. The van der Waals surface area contributed by atoms with Crippen molar-refractivity contribution in [3.05, 3.63) is 63.8 Å². The lowest BCUT2D eigenvalue weighted by molar-refractivity contribution is -0.115. The number of benzene rings is 2. The average molecular weight is 417 g/mol. The second-order valence-corrected chi connectivity index (χ2v) is 7.37. The lowest BCUT2D eigenvalue weighted by atomic mass is 10.1. The maximum absolute atomic E-state index is 11.8. The fourth-order valence-corrected chi connectivity index (χ4v) is 3.23. The summed E-state index contributed by atoms with van der Waals surface area (Å²) in [6, 6.07) is 11.4. The van der Waals surface area contributed by atoms with Gasteiger partial charge in [-0.3, -0.25) is 10.1 Å². The minimum absolute atomic E-state index is 0.280. The zero-order chi connectivity index (χ0) is 20.1. The Morgan fingerprint density at radius 3 is 2.43 bits per heavy atom. The van der Waals surface area contributed by atoms with Crippen LogP contribution in [-0.4, -0.2) is 24.2 Å². The summed E-state index contributed by atoms with van der Waals surface area (Å²) in [4.78, 5) is 11.8. The Balaban J connectivity index is 1.58. The maximum atomic E-state index is 11.8. The Morgan fingerprint density at radius 1 is 1.04 bits per heavy atom. The SMILES string of the molecule is Cc1cc(C)cc(OCCCOc2ccc(Cl)cc2/C=C2\NC(=S)NC2=O)c1. The predicted molar refractivity (Wildman–Crippen MR) is 115 cm³/mol. The van der Waals surface area contributed by atoms with Crippen LogP contribution in [0.3, 0.4) is 0 Å². The topological polar surface area (TPSA) is 59.6 Å². The van der Waals surface area contributed by atoms with Crippen molar-refractivity contribution in [1.82, 2.24) is 10.6 Å². The van der Waals surface area contributed by atoms with Crippen LogP contribution in [0.2, 0.25) is 5.02 Å². The van der Waals surface area contributed by atoms with Gasteiger partial charge in [0.2, 0.25) is 0 Å². The van der Waals surface area contributed by atoms with Gasteiger partial charge in [-0.15, -0.1) is 0 Å². The fraction of sp³-hybridized carbons (Fsp3) is 0.238. The van der Waals surface area contributed by atoms with Crippen molar-refractivity contribution < 1.29 is 14.3 Å². The third-order valence-electron chi connectivity index (χ3n) is 4.00. The summed E-state index contributed by atoms with van der Waals surface area (Å²) in [6.45, 7) is 5.11. The van der Waals surface area contributed by atoms with Crippen LogP contribution in [0.1, 0.15) is 23.1 Å². The molecule has 0 saturated carbocycles. The van der Waals surface area contributed by atoms with Gasteiger partial charge in [-0.1, -0.05) is 17.7 Å². The molecule has 0 aliphatic carbocycles. The van der Waals surface area contributed by atoms with Gasteiger partial charge in [0.05, 0.1) is 13.2 Å². The summed E-state index contributed by atoms with van der Waals surface area (Å²) in [5.41, 5.74) is 3.41. The van der Waals surface area contributed by atoms with E-state index in [4.69, 9.17) is 33.3 Å². The summed E-state index contributed by atoms with van der Waals surface area (Å²) < 4.78 is 11.7. The van der Waals surface area contributed by atoms with Gasteiger partial charge in [-0.25, -0.2) is 0 Å². The number of ether oxygens (including phenoxy) is 2. The first-order valence-corrected chi connectivity index (χ1v) is 9.67. The number of hydrogen-bond donors (Lipinski definition) is 2. The van der Waals surface area contributed by atoms with Gasteiger partial charge in [0.1, 0.15) is 17.2 Å². The molecule has 2 aromatic carbocycles.